The minimum atomic E-state index is -1.02. The molecule has 1 aliphatic heterocycles. The maximum Gasteiger partial charge on any atom is 0.411 e. The molecular formula is C19H24N4O5. The van der Waals surface area contributed by atoms with Crippen molar-refractivity contribution >= 4 is 24.2 Å². The van der Waals surface area contributed by atoms with Crippen molar-refractivity contribution in [3.8, 4) is 0 Å². The number of ether oxygens (including phenoxy) is 2. The third-order valence-electron chi connectivity index (χ3n) is 3.99. The molecule has 0 aromatic heterocycles. The van der Waals surface area contributed by atoms with E-state index in [1.54, 1.807) is 20.8 Å². The fourth-order valence-corrected chi connectivity index (χ4v) is 2.68. The van der Waals surface area contributed by atoms with Crippen LogP contribution in [-0.4, -0.2) is 70.1 Å². The second-order valence-electron chi connectivity index (χ2n) is 7.32. The van der Waals surface area contributed by atoms with E-state index in [4.69, 9.17) is 15.0 Å². The minimum absolute atomic E-state index is 0.0856. The van der Waals surface area contributed by atoms with Gasteiger partial charge in [0.15, 0.2) is 0 Å². The number of hydrogen-bond donors (Lipinski definition) is 0. The van der Waals surface area contributed by atoms with Gasteiger partial charge in [0.05, 0.1) is 6.54 Å². The molecule has 1 atom stereocenters. The third kappa shape index (κ3) is 5.92. The Morgan fingerprint density at radius 3 is 2.46 bits per heavy atom. The monoisotopic (exact) mass is 388 g/mol. The van der Waals surface area contributed by atoms with Crippen LogP contribution in [0.4, 0.5) is 9.59 Å². The summed E-state index contributed by atoms with van der Waals surface area (Å²) in [6.45, 7) is 5.44. The molecule has 0 aliphatic carbocycles. The standard InChI is InChI=1S/C19H24N4O5/c1-19(2,3)28-18(26)23-10-9-22(12-15(23)16(24)11-21-20)17(25)27-13-14-7-5-4-6-8-14/h4-8,11,15H,9-10,12-13H2,1-3H3. The summed E-state index contributed by atoms with van der Waals surface area (Å²) in [7, 11) is 0. The molecule has 1 aromatic rings. The summed E-state index contributed by atoms with van der Waals surface area (Å²) in [6, 6.07) is 8.18. The van der Waals surface area contributed by atoms with Gasteiger partial charge in [-0.05, 0) is 26.3 Å². The van der Waals surface area contributed by atoms with E-state index in [1.807, 2.05) is 30.3 Å². The zero-order chi connectivity index (χ0) is 20.7. The number of carbonyl (C=O) groups is 3. The largest absolute Gasteiger partial charge is 0.445 e. The second-order valence-corrected chi connectivity index (χ2v) is 7.32. The van der Waals surface area contributed by atoms with Gasteiger partial charge in [-0.25, -0.2) is 9.59 Å². The highest BCUT2D eigenvalue weighted by Crippen LogP contribution is 2.17. The van der Waals surface area contributed by atoms with Crippen molar-refractivity contribution < 1.29 is 28.6 Å². The van der Waals surface area contributed by atoms with Crippen LogP contribution in [0, 0.1) is 0 Å². The van der Waals surface area contributed by atoms with E-state index in [0.29, 0.717) is 6.21 Å². The molecule has 1 heterocycles. The molecule has 2 rings (SSSR count). The van der Waals surface area contributed by atoms with Crippen LogP contribution >= 0.6 is 0 Å². The number of Topliss-reactive ketones (excluding diaryl/α,β-unsaturated/α-hetero) is 1. The Labute approximate surface area is 163 Å². The van der Waals surface area contributed by atoms with Crippen LogP contribution in [0.3, 0.4) is 0 Å². The maximum absolute atomic E-state index is 12.4. The Kier molecular flexibility index (Phi) is 6.89. The average molecular weight is 388 g/mol. The Hall–Kier alpha value is -3.19. The number of piperazine rings is 1. The molecule has 0 bridgehead atoms. The molecule has 1 unspecified atom stereocenters. The molecule has 0 N–H and O–H groups in total. The number of carbonyl (C=O) groups excluding carboxylic acids is 3. The van der Waals surface area contributed by atoms with Crippen LogP contribution in [0.5, 0.6) is 0 Å². The van der Waals surface area contributed by atoms with Crippen LogP contribution < -0.4 is 0 Å². The quantitative estimate of drug-likeness (QED) is 0.445. The summed E-state index contributed by atoms with van der Waals surface area (Å²) >= 11 is 0. The summed E-state index contributed by atoms with van der Waals surface area (Å²) in [6.07, 6.45) is -0.554. The third-order valence-corrected chi connectivity index (χ3v) is 3.99. The van der Waals surface area contributed by atoms with Crippen LogP contribution in [0.15, 0.2) is 30.3 Å². The molecule has 1 saturated heterocycles. The highest BCUT2D eigenvalue weighted by atomic mass is 16.6. The van der Waals surface area contributed by atoms with Crippen molar-refractivity contribution in [3.63, 3.8) is 0 Å². The smallest absolute Gasteiger partial charge is 0.411 e. The van der Waals surface area contributed by atoms with E-state index < -0.39 is 29.6 Å². The number of amides is 2. The van der Waals surface area contributed by atoms with Crippen molar-refractivity contribution in [2.24, 2.45) is 0 Å². The first-order valence-electron chi connectivity index (χ1n) is 8.88. The maximum atomic E-state index is 12.4. The van der Waals surface area contributed by atoms with Gasteiger partial charge in [-0.3, -0.25) is 9.69 Å². The first kappa shape index (κ1) is 21.1. The van der Waals surface area contributed by atoms with Gasteiger partial charge >= 0.3 is 18.4 Å². The molecule has 0 saturated carbocycles. The molecular weight excluding hydrogens is 364 g/mol. The lowest BCUT2D eigenvalue weighted by Crippen LogP contribution is -2.60. The molecule has 9 heteroatoms. The van der Waals surface area contributed by atoms with Crippen molar-refractivity contribution in [3.05, 3.63) is 41.4 Å². The summed E-state index contributed by atoms with van der Waals surface area (Å²) < 4.78 is 10.6. The number of hydrogen-bond acceptors (Lipinski definition) is 5. The van der Waals surface area contributed by atoms with Crippen molar-refractivity contribution in [1.82, 2.24) is 9.80 Å². The van der Waals surface area contributed by atoms with E-state index in [-0.39, 0.29) is 26.2 Å². The molecule has 2 amide bonds. The van der Waals surface area contributed by atoms with Crippen molar-refractivity contribution in [2.75, 3.05) is 19.6 Å². The molecule has 150 valence electrons. The van der Waals surface area contributed by atoms with E-state index in [9.17, 15) is 14.4 Å². The van der Waals surface area contributed by atoms with Crippen LogP contribution in [0.25, 0.3) is 5.53 Å². The highest BCUT2D eigenvalue weighted by Gasteiger charge is 2.40. The lowest BCUT2D eigenvalue weighted by atomic mass is 10.1. The van der Waals surface area contributed by atoms with E-state index in [1.165, 1.54) is 9.80 Å². The zero-order valence-electron chi connectivity index (χ0n) is 16.2. The van der Waals surface area contributed by atoms with Crippen LogP contribution in [0.2, 0.25) is 0 Å². The Morgan fingerprint density at radius 2 is 1.86 bits per heavy atom. The molecule has 0 spiro atoms. The SMILES string of the molecule is CC(C)(C)OC(=O)N1CCN(C(=O)OCc2ccccc2)CC1C(=O)C=[N+]=[N-]. The summed E-state index contributed by atoms with van der Waals surface area (Å²) in [5.74, 6) is -0.617. The lowest BCUT2D eigenvalue weighted by molar-refractivity contribution is -0.122. The van der Waals surface area contributed by atoms with Crippen molar-refractivity contribution in [1.29, 1.82) is 0 Å². The van der Waals surface area contributed by atoms with Gasteiger partial charge in [0.1, 0.15) is 18.2 Å². The molecule has 1 fully saturated rings. The Bertz CT molecular complexity index is 768. The first-order valence-corrected chi connectivity index (χ1v) is 8.88. The van der Waals surface area contributed by atoms with Crippen molar-refractivity contribution in [2.45, 2.75) is 39.0 Å². The lowest BCUT2D eigenvalue weighted by Gasteiger charge is -2.39. The van der Waals surface area contributed by atoms with E-state index in [0.717, 1.165) is 5.56 Å². The van der Waals surface area contributed by atoms with E-state index >= 15 is 0 Å². The highest BCUT2D eigenvalue weighted by molar-refractivity contribution is 6.28. The minimum Gasteiger partial charge on any atom is -0.445 e. The molecule has 1 aromatic carbocycles. The molecule has 28 heavy (non-hydrogen) atoms. The summed E-state index contributed by atoms with van der Waals surface area (Å²) in [4.78, 5) is 42.4. The molecule has 0 radical (unpaired) electrons. The average Bonchev–Trinajstić information content (AvgIpc) is 2.65. The normalized spacial score (nSPS) is 16.8. The number of ketones is 1. The summed E-state index contributed by atoms with van der Waals surface area (Å²) in [5, 5.41) is 0. The second kappa shape index (κ2) is 9.14. The predicted molar refractivity (Wildman–Crippen MR) is 99.6 cm³/mol. The van der Waals surface area contributed by atoms with Gasteiger partial charge in [0, 0.05) is 13.1 Å². The van der Waals surface area contributed by atoms with Gasteiger partial charge in [0.25, 0.3) is 5.78 Å². The number of benzene rings is 1. The van der Waals surface area contributed by atoms with Gasteiger partial charge in [-0.1, -0.05) is 30.3 Å². The van der Waals surface area contributed by atoms with Gasteiger partial charge in [-0.2, -0.15) is 4.79 Å². The summed E-state index contributed by atoms with van der Waals surface area (Å²) in [5.41, 5.74) is 8.77. The van der Waals surface area contributed by atoms with Gasteiger partial charge in [-0.15, -0.1) is 0 Å². The Balaban J connectivity index is 2.06. The fourth-order valence-electron chi connectivity index (χ4n) is 2.68. The van der Waals surface area contributed by atoms with E-state index in [2.05, 4.69) is 4.79 Å². The Morgan fingerprint density at radius 1 is 1.18 bits per heavy atom. The molecule has 9 nitrogen and oxygen atoms in total. The zero-order valence-corrected chi connectivity index (χ0v) is 16.2. The number of nitrogens with zero attached hydrogens (tertiary/aromatic N) is 4. The first-order chi connectivity index (χ1) is 13.2. The van der Waals surface area contributed by atoms with Crippen LogP contribution in [0.1, 0.15) is 26.3 Å². The topological polar surface area (TPSA) is 113 Å². The predicted octanol–water partition coefficient (Wildman–Crippen LogP) is 2.11. The van der Waals surface area contributed by atoms with Gasteiger partial charge in [0.2, 0.25) is 0 Å². The number of rotatable bonds is 4. The fraction of sp³-hybridized carbons (Fsp3) is 0.474. The van der Waals surface area contributed by atoms with Gasteiger partial charge < -0.3 is 19.9 Å². The molecule has 1 aliphatic rings. The van der Waals surface area contributed by atoms with Crippen LogP contribution in [-0.2, 0) is 20.9 Å².